The number of hydrogen-bond acceptors (Lipinski definition) is 4. The average Bonchev–Trinajstić information content (AvgIpc) is 3.23. The Bertz CT molecular complexity index is 1950. The van der Waals surface area contributed by atoms with Crippen LogP contribution in [0.3, 0.4) is 0 Å². The standard InChI is InChI=1S/C31H23N5O3/c32-19-5-7-23-16(9-19)11-25(34-23)29(38)33-20-6-8-24-17(10-20)12-26(35-24)30(39)36-15-18-14-31(18)22-4-2-1-3-21(22)27(37)13-28(31)36/h1-13,18,34-35H,14-15,32H2,(H,33,38). The predicted octanol–water partition coefficient (Wildman–Crippen LogP) is 4.98. The highest BCUT2D eigenvalue weighted by molar-refractivity contribution is 6.10. The average molecular weight is 514 g/mol. The molecule has 2 fully saturated rings. The third-order valence-electron chi connectivity index (χ3n) is 8.44. The van der Waals surface area contributed by atoms with Gasteiger partial charge in [0, 0.05) is 62.5 Å². The number of rotatable bonds is 3. The number of nitrogen functional groups attached to an aromatic ring is 1. The van der Waals surface area contributed by atoms with Crippen molar-refractivity contribution in [2.24, 2.45) is 5.92 Å². The van der Waals surface area contributed by atoms with Gasteiger partial charge in [0.25, 0.3) is 11.8 Å². The number of carbonyl (C=O) groups is 3. The predicted molar refractivity (Wildman–Crippen MR) is 149 cm³/mol. The highest BCUT2D eigenvalue weighted by Gasteiger charge is 2.67. The lowest BCUT2D eigenvalue weighted by atomic mass is 9.81. The van der Waals surface area contributed by atoms with E-state index in [9.17, 15) is 14.4 Å². The lowest BCUT2D eigenvalue weighted by Gasteiger charge is -2.29. The van der Waals surface area contributed by atoms with E-state index in [0.717, 1.165) is 45.1 Å². The Morgan fingerprint density at radius 3 is 2.54 bits per heavy atom. The van der Waals surface area contributed by atoms with E-state index < -0.39 is 0 Å². The minimum Gasteiger partial charge on any atom is -0.399 e. The third kappa shape index (κ3) is 3.08. The minimum absolute atomic E-state index is 0.0490. The van der Waals surface area contributed by atoms with E-state index in [0.29, 0.717) is 35.2 Å². The second kappa shape index (κ2) is 7.48. The molecule has 8 heteroatoms. The van der Waals surface area contributed by atoms with Gasteiger partial charge in [0.2, 0.25) is 0 Å². The summed E-state index contributed by atoms with van der Waals surface area (Å²) in [5, 5.41) is 4.59. The molecule has 1 saturated heterocycles. The number of piperidine rings is 1. The molecule has 39 heavy (non-hydrogen) atoms. The van der Waals surface area contributed by atoms with Crippen molar-refractivity contribution in [3.63, 3.8) is 0 Å². The number of amides is 2. The number of nitrogens with one attached hydrogen (secondary N) is 3. The lowest BCUT2D eigenvalue weighted by Crippen LogP contribution is -2.33. The molecule has 8 nitrogen and oxygen atoms in total. The molecule has 3 aliphatic rings. The van der Waals surface area contributed by atoms with Gasteiger partial charge in [-0.3, -0.25) is 14.4 Å². The van der Waals surface area contributed by atoms with Gasteiger partial charge in [0.15, 0.2) is 5.78 Å². The van der Waals surface area contributed by atoms with E-state index in [2.05, 4.69) is 15.3 Å². The fourth-order valence-corrected chi connectivity index (χ4v) is 6.52. The molecule has 2 aliphatic carbocycles. The molecule has 2 amide bonds. The first-order valence-corrected chi connectivity index (χ1v) is 12.9. The normalized spacial score (nSPS) is 20.9. The molecule has 1 spiro atoms. The van der Waals surface area contributed by atoms with Crippen LogP contribution in [0, 0.1) is 5.92 Å². The number of aromatic amines is 2. The van der Waals surface area contributed by atoms with Crippen molar-refractivity contribution in [2.75, 3.05) is 17.6 Å². The van der Waals surface area contributed by atoms with Gasteiger partial charge < -0.3 is 25.9 Å². The van der Waals surface area contributed by atoms with E-state index in [4.69, 9.17) is 5.73 Å². The Labute approximate surface area is 222 Å². The molecular formula is C31H23N5O3. The fourth-order valence-electron chi connectivity index (χ4n) is 6.52. The number of allylic oxidation sites excluding steroid dienone is 2. The lowest BCUT2D eigenvalue weighted by molar-refractivity contribution is 0.0806. The maximum atomic E-state index is 13.7. The molecule has 190 valence electrons. The topological polar surface area (TPSA) is 124 Å². The molecule has 2 aromatic heterocycles. The SMILES string of the molecule is Nc1ccc2[nH]c(C(=O)Nc3ccc4[nH]c(C(=O)N5CC6CC67C5=CC(=O)c5ccccc57)cc4c3)cc2c1. The van der Waals surface area contributed by atoms with Crippen LogP contribution in [-0.4, -0.2) is 39.0 Å². The second-order valence-corrected chi connectivity index (χ2v) is 10.7. The molecule has 3 aromatic carbocycles. The Hall–Kier alpha value is -5.11. The first-order valence-electron chi connectivity index (χ1n) is 12.9. The van der Waals surface area contributed by atoms with Crippen molar-refractivity contribution >= 4 is 50.8 Å². The summed E-state index contributed by atoms with van der Waals surface area (Å²) in [5.41, 5.74) is 12.0. The monoisotopic (exact) mass is 513 g/mol. The van der Waals surface area contributed by atoms with Crippen molar-refractivity contribution in [1.82, 2.24) is 14.9 Å². The largest absolute Gasteiger partial charge is 0.399 e. The molecule has 5 aromatic rings. The molecule has 0 radical (unpaired) electrons. The maximum Gasteiger partial charge on any atom is 0.274 e. The van der Waals surface area contributed by atoms with Crippen molar-refractivity contribution < 1.29 is 14.4 Å². The van der Waals surface area contributed by atoms with Gasteiger partial charge in [-0.15, -0.1) is 0 Å². The third-order valence-corrected chi connectivity index (χ3v) is 8.44. The van der Waals surface area contributed by atoms with Gasteiger partial charge in [-0.25, -0.2) is 0 Å². The van der Waals surface area contributed by atoms with Gasteiger partial charge in [-0.2, -0.15) is 0 Å². The van der Waals surface area contributed by atoms with Crippen molar-refractivity contribution in [1.29, 1.82) is 0 Å². The van der Waals surface area contributed by atoms with Crippen molar-refractivity contribution in [3.8, 4) is 0 Å². The van der Waals surface area contributed by atoms with E-state index in [1.807, 2.05) is 48.5 Å². The number of fused-ring (bicyclic) bond motifs is 3. The van der Waals surface area contributed by atoms with Gasteiger partial charge in [-0.05, 0) is 66.4 Å². The van der Waals surface area contributed by atoms with Gasteiger partial charge in [-0.1, -0.05) is 24.3 Å². The number of likely N-dealkylation sites (tertiary alicyclic amines) is 1. The summed E-state index contributed by atoms with van der Waals surface area (Å²) >= 11 is 0. The van der Waals surface area contributed by atoms with Crippen LogP contribution >= 0.6 is 0 Å². The fraction of sp³-hybridized carbons (Fsp3) is 0.129. The van der Waals surface area contributed by atoms with Crippen LogP contribution in [-0.2, 0) is 5.41 Å². The molecule has 2 unspecified atom stereocenters. The molecule has 1 saturated carbocycles. The summed E-state index contributed by atoms with van der Waals surface area (Å²) in [6.45, 7) is 0.596. The number of aromatic nitrogens is 2. The summed E-state index contributed by atoms with van der Waals surface area (Å²) in [6, 6.07) is 22.2. The molecule has 8 rings (SSSR count). The molecule has 3 heterocycles. The number of H-pyrrole nitrogens is 2. The van der Waals surface area contributed by atoms with Gasteiger partial charge >= 0.3 is 0 Å². The first kappa shape index (κ1) is 21.9. The van der Waals surface area contributed by atoms with Crippen LogP contribution in [0.5, 0.6) is 0 Å². The molecular weight excluding hydrogens is 490 g/mol. The zero-order valence-corrected chi connectivity index (χ0v) is 20.7. The molecule has 5 N–H and O–H groups in total. The number of benzene rings is 3. The van der Waals surface area contributed by atoms with Crippen LogP contribution in [0.4, 0.5) is 11.4 Å². The summed E-state index contributed by atoms with van der Waals surface area (Å²) in [6.07, 6.45) is 2.62. The number of nitrogens with zero attached hydrogens (tertiary/aromatic N) is 1. The Kier molecular flexibility index (Phi) is 4.20. The summed E-state index contributed by atoms with van der Waals surface area (Å²) < 4.78 is 0. The van der Waals surface area contributed by atoms with Crippen LogP contribution in [0.25, 0.3) is 21.8 Å². The Balaban J connectivity index is 1.06. The van der Waals surface area contributed by atoms with E-state index in [1.165, 1.54) is 0 Å². The Morgan fingerprint density at radius 1 is 0.923 bits per heavy atom. The van der Waals surface area contributed by atoms with Crippen LogP contribution in [0.15, 0.2) is 84.6 Å². The Morgan fingerprint density at radius 2 is 1.67 bits per heavy atom. The summed E-state index contributed by atoms with van der Waals surface area (Å²) in [7, 11) is 0. The number of nitrogens with two attached hydrogens (primary N) is 1. The second-order valence-electron chi connectivity index (χ2n) is 10.7. The van der Waals surface area contributed by atoms with E-state index >= 15 is 0 Å². The number of carbonyl (C=O) groups excluding carboxylic acids is 3. The molecule has 0 bridgehead atoms. The number of hydrogen-bond donors (Lipinski definition) is 4. The molecule has 1 aliphatic heterocycles. The van der Waals surface area contributed by atoms with Crippen LogP contribution < -0.4 is 11.1 Å². The first-order chi connectivity index (χ1) is 18.9. The maximum absolute atomic E-state index is 13.7. The zero-order valence-electron chi connectivity index (χ0n) is 20.7. The minimum atomic E-state index is -0.272. The highest BCUT2D eigenvalue weighted by atomic mass is 16.2. The quantitative estimate of drug-likeness (QED) is 0.254. The molecule has 2 atom stereocenters. The van der Waals surface area contributed by atoms with Gasteiger partial charge in [0.1, 0.15) is 11.4 Å². The summed E-state index contributed by atoms with van der Waals surface area (Å²) in [5.74, 6) is -0.146. The smallest absolute Gasteiger partial charge is 0.274 e. The summed E-state index contributed by atoms with van der Waals surface area (Å²) in [4.78, 5) is 47.5. The number of anilines is 2. The van der Waals surface area contributed by atoms with Crippen molar-refractivity contribution in [2.45, 2.75) is 11.8 Å². The van der Waals surface area contributed by atoms with E-state index in [-0.39, 0.29) is 23.0 Å². The van der Waals surface area contributed by atoms with Crippen LogP contribution in [0.2, 0.25) is 0 Å². The zero-order chi connectivity index (χ0) is 26.5. The van der Waals surface area contributed by atoms with E-state index in [1.54, 1.807) is 35.2 Å². The number of ketones is 1. The van der Waals surface area contributed by atoms with Crippen LogP contribution in [0.1, 0.15) is 43.3 Å². The highest BCUT2D eigenvalue weighted by Crippen LogP contribution is 2.66. The van der Waals surface area contributed by atoms with Crippen molar-refractivity contribution in [3.05, 3.63) is 107 Å². The van der Waals surface area contributed by atoms with Gasteiger partial charge in [0.05, 0.1) is 0 Å².